The van der Waals surface area contributed by atoms with Crippen LogP contribution in [-0.4, -0.2) is 51.6 Å². The van der Waals surface area contributed by atoms with Crippen LogP contribution in [0.1, 0.15) is 42.9 Å². The molecule has 0 radical (unpaired) electrons. The fraction of sp³-hybridized carbons (Fsp3) is 0.500. The van der Waals surface area contributed by atoms with Crippen LogP contribution in [0.15, 0.2) is 42.6 Å². The maximum absolute atomic E-state index is 13.2. The van der Waals surface area contributed by atoms with E-state index >= 15 is 0 Å². The van der Waals surface area contributed by atoms with E-state index in [1.165, 1.54) is 5.56 Å². The number of aromatic amines is 1. The Kier molecular flexibility index (Phi) is 4.83. The summed E-state index contributed by atoms with van der Waals surface area (Å²) in [7, 11) is 0. The molecule has 0 saturated carbocycles. The molecular formula is C20H26N4O. The van der Waals surface area contributed by atoms with Crippen molar-refractivity contribution in [3.63, 3.8) is 0 Å². The number of nitrogens with zero attached hydrogens (tertiary/aromatic N) is 3. The number of benzene rings is 1. The number of aromatic nitrogens is 2. The van der Waals surface area contributed by atoms with Crippen LogP contribution in [0.5, 0.6) is 0 Å². The minimum absolute atomic E-state index is 0.0423. The van der Waals surface area contributed by atoms with Gasteiger partial charge in [0.25, 0.3) is 0 Å². The van der Waals surface area contributed by atoms with E-state index in [4.69, 9.17) is 0 Å². The lowest BCUT2D eigenvalue weighted by atomic mass is 9.94. The van der Waals surface area contributed by atoms with Crippen LogP contribution in [0.25, 0.3) is 0 Å². The Morgan fingerprint density at radius 1 is 1.12 bits per heavy atom. The van der Waals surface area contributed by atoms with Crippen LogP contribution >= 0.6 is 0 Å². The zero-order valence-corrected chi connectivity index (χ0v) is 14.6. The molecule has 2 saturated heterocycles. The summed E-state index contributed by atoms with van der Waals surface area (Å²) >= 11 is 0. The lowest BCUT2D eigenvalue weighted by Crippen LogP contribution is -2.48. The van der Waals surface area contributed by atoms with Crippen molar-refractivity contribution in [3.05, 3.63) is 53.9 Å². The average Bonchev–Trinajstić information content (AvgIpc) is 3.34. The van der Waals surface area contributed by atoms with Crippen molar-refractivity contribution < 1.29 is 4.79 Å². The predicted octanol–water partition coefficient (Wildman–Crippen LogP) is 2.78. The van der Waals surface area contributed by atoms with Gasteiger partial charge in [-0.15, -0.1) is 0 Å². The molecule has 0 unspecified atom stereocenters. The molecule has 1 amide bonds. The Hall–Kier alpha value is -2.14. The van der Waals surface area contributed by atoms with Crippen molar-refractivity contribution in [2.45, 2.75) is 44.2 Å². The van der Waals surface area contributed by atoms with Crippen LogP contribution in [0.3, 0.4) is 0 Å². The first-order valence-corrected chi connectivity index (χ1v) is 9.37. The van der Waals surface area contributed by atoms with Gasteiger partial charge in [-0.05, 0) is 43.9 Å². The monoisotopic (exact) mass is 338 g/mol. The molecule has 1 aromatic heterocycles. The zero-order valence-electron chi connectivity index (χ0n) is 14.6. The summed E-state index contributed by atoms with van der Waals surface area (Å²) in [6, 6.07) is 12.6. The molecule has 4 rings (SSSR count). The van der Waals surface area contributed by atoms with Gasteiger partial charge in [-0.2, -0.15) is 5.10 Å². The van der Waals surface area contributed by atoms with Gasteiger partial charge in [-0.3, -0.25) is 14.8 Å². The van der Waals surface area contributed by atoms with Crippen LogP contribution in [-0.2, 0) is 11.3 Å². The fourth-order valence-corrected chi connectivity index (χ4v) is 4.25. The maximum atomic E-state index is 13.2. The maximum Gasteiger partial charge on any atom is 0.239 e. The molecule has 25 heavy (non-hydrogen) atoms. The molecule has 2 aliphatic rings. The van der Waals surface area contributed by atoms with Crippen molar-refractivity contribution in [1.82, 2.24) is 20.0 Å². The van der Waals surface area contributed by atoms with Gasteiger partial charge in [0.15, 0.2) is 0 Å². The van der Waals surface area contributed by atoms with E-state index in [2.05, 4.69) is 44.3 Å². The van der Waals surface area contributed by atoms with E-state index in [1.54, 1.807) is 6.20 Å². The number of amides is 1. The summed E-state index contributed by atoms with van der Waals surface area (Å²) in [5, 5.41) is 7.15. The Morgan fingerprint density at radius 3 is 2.76 bits per heavy atom. The highest BCUT2D eigenvalue weighted by Gasteiger charge is 2.35. The smallest absolute Gasteiger partial charge is 0.239 e. The minimum Gasteiger partial charge on any atom is -0.341 e. The second-order valence-electron chi connectivity index (χ2n) is 7.25. The van der Waals surface area contributed by atoms with Crippen LogP contribution in [0.4, 0.5) is 0 Å². The quantitative estimate of drug-likeness (QED) is 0.933. The third kappa shape index (κ3) is 3.61. The SMILES string of the molecule is O=C([C@H]1CCCN1Cc1ccccc1)N1CCC[C@H](c2ccn[nH]2)C1. The topological polar surface area (TPSA) is 52.2 Å². The van der Waals surface area contributed by atoms with Gasteiger partial charge in [-0.1, -0.05) is 30.3 Å². The summed E-state index contributed by atoms with van der Waals surface area (Å²) in [4.78, 5) is 17.6. The summed E-state index contributed by atoms with van der Waals surface area (Å²) < 4.78 is 0. The summed E-state index contributed by atoms with van der Waals surface area (Å²) in [6.45, 7) is 3.59. The van der Waals surface area contributed by atoms with E-state index in [1.807, 2.05) is 12.1 Å². The molecule has 2 aromatic rings. The van der Waals surface area contributed by atoms with Gasteiger partial charge in [0.05, 0.1) is 6.04 Å². The molecule has 2 aliphatic heterocycles. The van der Waals surface area contributed by atoms with Gasteiger partial charge in [0.1, 0.15) is 0 Å². The van der Waals surface area contributed by atoms with E-state index in [9.17, 15) is 4.79 Å². The Balaban J connectivity index is 1.42. The van der Waals surface area contributed by atoms with Gasteiger partial charge in [0.2, 0.25) is 5.91 Å². The van der Waals surface area contributed by atoms with Crippen LogP contribution in [0, 0.1) is 0 Å². The number of hydrogen-bond donors (Lipinski definition) is 1. The standard InChI is InChI=1S/C20H26N4O/c25-20(24-13-4-8-17(15-24)18-10-11-21-22-18)19-9-5-12-23(19)14-16-6-2-1-3-7-16/h1-3,6-7,10-11,17,19H,4-5,8-9,12-15H2,(H,21,22)/t17-,19+/m0/s1. The largest absolute Gasteiger partial charge is 0.341 e. The van der Waals surface area contributed by atoms with E-state index < -0.39 is 0 Å². The second-order valence-corrected chi connectivity index (χ2v) is 7.25. The fourth-order valence-electron chi connectivity index (χ4n) is 4.25. The molecule has 0 aliphatic carbocycles. The number of rotatable bonds is 4. The molecule has 1 aromatic carbocycles. The van der Waals surface area contributed by atoms with Crippen molar-refractivity contribution in [1.29, 1.82) is 0 Å². The molecule has 0 bridgehead atoms. The highest BCUT2D eigenvalue weighted by molar-refractivity contribution is 5.82. The Morgan fingerprint density at radius 2 is 1.96 bits per heavy atom. The van der Waals surface area contributed by atoms with Crippen molar-refractivity contribution in [2.24, 2.45) is 0 Å². The Labute approximate surface area is 149 Å². The molecule has 5 nitrogen and oxygen atoms in total. The van der Waals surface area contributed by atoms with Crippen molar-refractivity contribution in [2.75, 3.05) is 19.6 Å². The lowest BCUT2D eigenvalue weighted by molar-refractivity contribution is -0.137. The van der Waals surface area contributed by atoms with Crippen molar-refractivity contribution >= 4 is 5.91 Å². The third-order valence-electron chi connectivity index (χ3n) is 5.57. The number of piperidine rings is 1. The van der Waals surface area contributed by atoms with Gasteiger partial charge in [0, 0.05) is 37.4 Å². The van der Waals surface area contributed by atoms with Gasteiger partial charge >= 0.3 is 0 Å². The normalized spacial score (nSPS) is 24.6. The summed E-state index contributed by atoms with van der Waals surface area (Å²) in [5.74, 6) is 0.710. The molecule has 1 N–H and O–H groups in total. The van der Waals surface area contributed by atoms with Gasteiger partial charge < -0.3 is 4.90 Å². The highest BCUT2D eigenvalue weighted by Crippen LogP contribution is 2.28. The number of nitrogens with one attached hydrogen (secondary N) is 1. The molecule has 0 spiro atoms. The number of hydrogen-bond acceptors (Lipinski definition) is 3. The Bertz CT molecular complexity index is 685. The predicted molar refractivity (Wildman–Crippen MR) is 97.0 cm³/mol. The first-order chi connectivity index (χ1) is 12.3. The van der Waals surface area contributed by atoms with Crippen molar-refractivity contribution in [3.8, 4) is 0 Å². The summed E-state index contributed by atoms with van der Waals surface area (Å²) in [6.07, 6.45) is 6.10. The molecule has 2 fully saturated rings. The van der Waals surface area contributed by atoms with E-state index in [0.717, 1.165) is 57.6 Å². The molecule has 2 atom stereocenters. The highest BCUT2D eigenvalue weighted by atomic mass is 16.2. The number of H-pyrrole nitrogens is 1. The molecule has 132 valence electrons. The number of carbonyl (C=O) groups is 1. The molecule has 3 heterocycles. The number of likely N-dealkylation sites (tertiary alicyclic amines) is 2. The third-order valence-corrected chi connectivity index (χ3v) is 5.57. The van der Waals surface area contributed by atoms with E-state index in [-0.39, 0.29) is 6.04 Å². The zero-order chi connectivity index (χ0) is 17.1. The average molecular weight is 338 g/mol. The minimum atomic E-state index is 0.0423. The molecule has 5 heteroatoms. The first-order valence-electron chi connectivity index (χ1n) is 9.37. The van der Waals surface area contributed by atoms with Crippen LogP contribution < -0.4 is 0 Å². The van der Waals surface area contributed by atoms with E-state index in [0.29, 0.717) is 11.8 Å². The van der Waals surface area contributed by atoms with Gasteiger partial charge in [-0.25, -0.2) is 0 Å². The first kappa shape index (κ1) is 16.3. The number of carbonyl (C=O) groups excluding carboxylic acids is 1. The molecular weight excluding hydrogens is 312 g/mol. The summed E-state index contributed by atoms with van der Waals surface area (Å²) in [5.41, 5.74) is 2.45. The van der Waals surface area contributed by atoms with Crippen LogP contribution in [0.2, 0.25) is 0 Å². The lowest BCUT2D eigenvalue weighted by Gasteiger charge is -2.36. The second kappa shape index (κ2) is 7.40.